The molecule has 0 radical (unpaired) electrons. The van der Waals surface area contributed by atoms with E-state index in [4.69, 9.17) is 0 Å². The molecule has 0 aromatic carbocycles. The molecular weight excluding hydrogens is 322 g/mol. The van der Waals surface area contributed by atoms with Gasteiger partial charge < -0.3 is 0 Å². The summed E-state index contributed by atoms with van der Waals surface area (Å²) < 4.78 is 27.1. The summed E-state index contributed by atoms with van der Waals surface area (Å²) in [5.41, 5.74) is 0. The van der Waals surface area contributed by atoms with Crippen molar-refractivity contribution >= 4 is 37.3 Å². The first kappa shape index (κ1) is 13.5. The van der Waals surface area contributed by atoms with Crippen molar-refractivity contribution in [3.63, 3.8) is 0 Å². The molecular formula is C11H16BrNO2S2. The summed E-state index contributed by atoms with van der Waals surface area (Å²) in [4.78, 5) is 1.37. The highest BCUT2D eigenvalue weighted by Gasteiger charge is 2.30. The van der Waals surface area contributed by atoms with Gasteiger partial charge in [-0.25, -0.2) is 13.1 Å². The quantitative estimate of drug-likeness (QED) is 0.811. The summed E-state index contributed by atoms with van der Waals surface area (Å²) in [5, 5.41) is 0. The summed E-state index contributed by atoms with van der Waals surface area (Å²) in [6, 6.07) is 3.57. The molecule has 1 unspecified atom stereocenters. The largest absolute Gasteiger partial charge is 0.250 e. The third-order valence-corrected chi connectivity index (χ3v) is 7.07. The van der Waals surface area contributed by atoms with Gasteiger partial charge in [-0.3, -0.25) is 0 Å². The second-order valence-electron chi connectivity index (χ2n) is 4.28. The number of rotatable bonds is 6. The van der Waals surface area contributed by atoms with E-state index < -0.39 is 10.0 Å². The number of aryl methyl sites for hydroxylation is 1. The molecule has 0 amide bonds. The van der Waals surface area contributed by atoms with Crippen molar-refractivity contribution in [3.8, 4) is 0 Å². The molecule has 2 rings (SSSR count). The Labute approximate surface area is 115 Å². The Bertz CT molecular complexity index is 479. The Morgan fingerprint density at radius 1 is 1.53 bits per heavy atom. The van der Waals surface area contributed by atoms with Gasteiger partial charge in [-0.2, -0.15) is 0 Å². The predicted octanol–water partition coefficient (Wildman–Crippen LogP) is 2.76. The molecule has 0 spiro atoms. The molecule has 1 aromatic heterocycles. The number of halogens is 1. The van der Waals surface area contributed by atoms with Crippen molar-refractivity contribution in [2.24, 2.45) is 5.92 Å². The highest BCUT2D eigenvalue weighted by Crippen LogP contribution is 2.36. The summed E-state index contributed by atoms with van der Waals surface area (Å²) in [6.45, 7) is 2.50. The molecule has 96 valence electrons. The lowest BCUT2D eigenvalue weighted by Crippen LogP contribution is -2.30. The molecule has 0 bridgehead atoms. The first-order valence-corrected chi connectivity index (χ1v) is 8.97. The highest BCUT2D eigenvalue weighted by molar-refractivity contribution is 9.09. The second kappa shape index (κ2) is 5.38. The third kappa shape index (κ3) is 3.53. The van der Waals surface area contributed by atoms with Gasteiger partial charge in [0, 0.05) is 16.2 Å². The number of alkyl halides is 1. The van der Waals surface area contributed by atoms with Crippen LogP contribution in [0.1, 0.15) is 24.6 Å². The van der Waals surface area contributed by atoms with Crippen molar-refractivity contribution in [2.45, 2.75) is 35.2 Å². The van der Waals surface area contributed by atoms with Gasteiger partial charge in [0.15, 0.2) is 0 Å². The molecule has 1 heterocycles. The molecule has 6 heteroatoms. The van der Waals surface area contributed by atoms with E-state index in [-0.39, 0.29) is 4.83 Å². The van der Waals surface area contributed by atoms with Crippen LogP contribution in [0.3, 0.4) is 0 Å². The number of hydrogen-bond acceptors (Lipinski definition) is 3. The monoisotopic (exact) mass is 337 g/mol. The molecule has 3 nitrogen and oxygen atoms in total. The van der Waals surface area contributed by atoms with E-state index in [1.54, 1.807) is 6.07 Å². The van der Waals surface area contributed by atoms with Crippen LogP contribution in [0.25, 0.3) is 0 Å². The van der Waals surface area contributed by atoms with Gasteiger partial charge in [0.25, 0.3) is 0 Å². The van der Waals surface area contributed by atoms with E-state index in [0.29, 0.717) is 16.7 Å². The van der Waals surface area contributed by atoms with Crippen molar-refractivity contribution in [1.29, 1.82) is 0 Å². The molecule has 1 atom stereocenters. The summed E-state index contributed by atoms with van der Waals surface area (Å²) in [5.74, 6) is 0.646. The van der Waals surface area contributed by atoms with Crippen molar-refractivity contribution in [3.05, 3.63) is 17.0 Å². The Hall–Kier alpha value is 0.0900. The fourth-order valence-electron chi connectivity index (χ4n) is 1.58. The van der Waals surface area contributed by atoms with E-state index in [1.807, 2.05) is 13.0 Å². The molecule has 1 aliphatic carbocycles. The Morgan fingerprint density at radius 2 is 2.24 bits per heavy atom. The maximum atomic E-state index is 12.0. The van der Waals surface area contributed by atoms with Crippen LogP contribution in [0.4, 0.5) is 0 Å². The molecule has 0 saturated heterocycles. The minimum atomic E-state index is -3.31. The standard InChI is InChI=1S/C11H16BrNO2S2/c1-2-9-5-6-11(16-9)17(14,15)13-7-10(12)8-3-4-8/h5-6,8,10,13H,2-4,7H2,1H3. The Balaban J connectivity index is 1.97. The lowest BCUT2D eigenvalue weighted by Gasteiger charge is -2.09. The normalized spacial score (nSPS) is 18.2. The zero-order valence-electron chi connectivity index (χ0n) is 9.65. The highest BCUT2D eigenvalue weighted by atomic mass is 79.9. The minimum absolute atomic E-state index is 0.267. The summed E-state index contributed by atoms with van der Waals surface area (Å²) in [6.07, 6.45) is 3.29. The van der Waals surface area contributed by atoms with E-state index in [0.717, 1.165) is 11.3 Å². The van der Waals surface area contributed by atoms with Gasteiger partial charge in [0.1, 0.15) is 4.21 Å². The predicted molar refractivity (Wildman–Crippen MR) is 74.3 cm³/mol. The molecule has 1 aromatic rings. The van der Waals surface area contributed by atoms with Crippen molar-refractivity contribution in [1.82, 2.24) is 4.72 Å². The van der Waals surface area contributed by atoms with Gasteiger partial charge in [-0.05, 0) is 37.3 Å². The molecule has 17 heavy (non-hydrogen) atoms. The van der Waals surface area contributed by atoms with Crippen LogP contribution in [-0.4, -0.2) is 19.8 Å². The Morgan fingerprint density at radius 3 is 2.76 bits per heavy atom. The van der Waals surface area contributed by atoms with E-state index in [2.05, 4.69) is 20.7 Å². The molecule has 1 fully saturated rings. The maximum Gasteiger partial charge on any atom is 0.250 e. The van der Waals surface area contributed by atoms with Gasteiger partial charge in [-0.1, -0.05) is 22.9 Å². The van der Waals surface area contributed by atoms with Gasteiger partial charge in [-0.15, -0.1) is 11.3 Å². The number of hydrogen-bond donors (Lipinski definition) is 1. The van der Waals surface area contributed by atoms with Gasteiger partial charge in [0.2, 0.25) is 10.0 Å². The topological polar surface area (TPSA) is 46.2 Å². The minimum Gasteiger partial charge on any atom is -0.209 e. The summed E-state index contributed by atoms with van der Waals surface area (Å²) in [7, 11) is -3.31. The lowest BCUT2D eigenvalue weighted by molar-refractivity contribution is 0.580. The van der Waals surface area contributed by atoms with Crippen LogP contribution >= 0.6 is 27.3 Å². The maximum absolute atomic E-state index is 12.0. The van der Waals surface area contributed by atoms with Crippen molar-refractivity contribution in [2.75, 3.05) is 6.54 Å². The first-order chi connectivity index (χ1) is 8.03. The van der Waals surface area contributed by atoms with Crippen LogP contribution in [0.15, 0.2) is 16.3 Å². The van der Waals surface area contributed by atoms with E-state index in [1.165, 1.54) is 24.2 Å². The number of sulfonamides is 1. The smallest absolute Gasteiger partial charge is 0.209 e. The van der Waals surface area contributed by atoms with Crippen LogP contribution in [0.5, 0.6) is 0 Å². The molecule has 0 aliphatic heterocycles. The van der Waals surface area contributed by atoms with Gasteiger partial charge >= 0.3 is 0 Å². The zero-order chi connectivity index (χ0) is 12.5. The fourth-order valence-corrected chi connectivity index (χ4v) is 4.88. The molecule has 1 aliphatic rings. The fraction of sp³-hybridized carbons (Fsp3) is 0.636. The van der Waals surface area contributed by atoms with Crippen molar-refractivity contribution < 1.29 is 8.42 Å². The van der Waals surface area contributed by atoms with Gasteiger partial charge in [0.05, 0.1) is 0 Å². The second-order valence-corrected chi connectivity index (χ2v) is 8.62. The summed E-state index contributed by atoms with van der Waals surface area (Å²) >= 11 is 4.87. The molecule has 1 saturated carbocycles. The van der Waals surface area contributed by atoms with E-state index in [9.17, 15) is 8.42 Å². The number of nitrogens with one attached hydrogen (secondary N) is 1. The van der Waals surface area contributed by atoms with Crippen LogP contribution in [0.2, 0.25) is 0 Å². The zero-order valence-corrected chi connectivity index (χ0v) is 12.9. The van der Waals surface area contributed by atoms with Crippen LogP contribution in [-0.2, 0) is 16.4 Å². The average Bonchev–Trinajstić information content (AvgIpc) is 3.03. The van der Waals surface area contributed by atoms with Crippen LogP contribution in [0, 0.1) is 5.92 Å². The average molecular weight is 338 g/mol. The third-order valence-electron chi connectivity index (χ3n) is 2.85. The lowest BCUT2D eigenvalue weighted by atomic mass is 10.3. The Kier molecular flexibility index (Phi) is 4.28. The SMILES string of the molecule is CCc1ccc(S(=O)(=O)NCC(Br)C2CC2)s1. The first-order valence-electron chi connectivity index (χ1n) is 5.75. The van der Waals surface area contributed by atoms with E-state index >= 15 is 0 Å². The number of thiophene rings is 1. The molecule has 1 N–H and O–H groups in total. The van der Waals surface area contributed by atoms with Crippen LogP contribution < -0.4 is 4.72 Å².